The van der Waals surface area contributed by atoms with Crippen LogP contribution in [0.3, 0.4) is 0 Å². The number of piperidine rings is 1. The zero-order chi connectivity index (χ0) is 16.5. The quantitative estimate of drug-likeness (QED) is 0.749. The highest BCUT2D eigenvalue weighted by Gasteiger charge is 2.74. The summed E-state index contributed by atoms with van der Waals surface area (Å²) in [6.07, 6.45) is 3.66. The molecule has 0 aromatic carbocycles. The van der Waals surface area contributed by atoms with Gasteiger partial charge in [0.1, 0.15) is 5.60 Å². The van der Waals surface area contributed by atoms with Crippen molar-refractivity contribution in [2.45, 2.75) is 50.2 Å². The third kappa shape index (κ3) is 2.44. The number of rotatable bonds is 4. The Hall–Kier alpha value is -0.620. The molecule has 2 heterocycles. The average Bonchev–Trinajstić information content (AvgIpc) is 2.69. The van der Waals surface area contributed by atoms with Crippen LogP contribution in [0.5, 0.6) is 0 Å². The van der Waals surface area contributed by atoms with Crippen molar-refractivity contribution in [3.8, 4) is 0 Å². The minimum Gasteiger partial charge on any atom is -0.441 e. The van der Waals surface area contributed by atoms with Crippen molar-refractivity contribution in [2.24, 2.45) is 5.41 Å². The van der Waals surface area contributed by atoms with Crippen LogP contribution in [0.2, 0.25) is 0 Å². The second kappa shape index (κ2) is 4.72. The van der Waals surface area contributed by atoms with Crippen LogP contribution in [0.4, 0.5) is 4.79 Å². The third-order valence-electron chi connectivity index (χ3n) is 6.41. The van der Waals surface area contributed by atoms with Gasteiger partial charge in [0.25, 0.3) is 0 Å². The summed E-state index contributed by atoms with van der Waals surface area (Å²) in [5, 5.41) is 0. The largest absolute Gasteiger partial charge is 0.441 e. The summed E-state index contributed by atoms with van der Waals surface area (Å²) < 4.78 is 17.0. The first kappa shape index (κ1) is 15.9. The Bertz CT molecular complexity index is 561. The maximum absolute atomic E-state index is 12.4. The van der Waals surface area contributed by atoms with Gasteiger partial charge < -0.3 is 19.4 Å². The molecule has 2 bridgehead atoms. The summed E-state index contributed by atoms with van der Waals surface area (Å²) in [4.78, 5) is 35.0. The maximum atomic E-state index is 12.4. The van der Waals surface area contributed by atoms with Crippen LogP contribution < -0.4 is 0 Å². The monoisotopic (exact) mass is 344 g/mol. The van der Waals surface area contributed by atoms with Gasteiger partial charge in [-0.25, -0.2) is 4.79 Å². The van der Waals surface area contributed by atoms with Crippen molar-refractivity contribution in [3.05, 3.63) is 0 Å². The summed E-state index contributed by atoms with van der Waals surface area (Å²) in [6.45, 7) is 5.75. The van der Waals surface area contributed by atoms with Crippen LogP contribution in [0, 0.1) is 5.41 Å². The van der Waals surface area contributed by atoms with Gasteiger partial charge in [-0.15, -0.1) is 0 Å². The number of carbonyl (C=O) groups excluding carboxylic acids is 1. The predicted molar refractivity (Wildman–Crippen MR) is 83.2 cm³/mol. The van der Waals surface area contributed by atoms with Gasteiger partial charge in [-0.3, -0.25) is 9.46 Å². The topological polar surface area (TPSA) is 90.3 Å². The molecule has 3 saturated carbocycles. The summed E-state index contributed by atoms with van der Waals surface area (Å²) >= 11 is 0. The molecule has 0 radical (unpaired) electrons. The Kier molecular flexibility index (Phi) is 3.26. The van der Waals surface area contributed by atoms with E-state index in [1.807, 2.05) is 4.90 Å². The number of carbonyl (C=O) groups is 1. The minimum atomic E-state index is -3.97. The molecule has 7 nitrogen and oxygen atoms in total. The van der Waals surface area contributed by atoms with E-state index in [-0.39, 0.29) is 28.8 Å². The summed E-state index contributed by atoms with van der Waals surface area (Å²) in [5.74, 6) is 0. The first-order valence-electron chi connectivity index (χ1n) is 8.47. The van der Waals surface area contributed by atoms with E-state index in [1.54, 1.807) is 0 Å². The fourth-order valence-electron chi connectivity index (χ4n) is 5.35. The van der Waals surface area contributed by atoms with E-state index < -0.39 is 7.60 Å². The molecule has 5 rings (SSSR count). The van der Waals surface area contributed by atoms with Gasteiger partial charge in [-0.2, -0.15) is 0 Å². The second-order valence-corrected chi connectivity index (χ2v) is 9.79. The van der Waals surface area contributed by atoms with Gasteiger partial charge in [0.05, 0.1) is 12.7 Å². The van der Waals surface area contributed by atoms with Gasteiger partial charge in [0, 0.05) is 31.5 Å². The lowest BCUT2D eigenvalue weighted by molar-refractivity contribution is -0.188. The number of amides is 1. The fraction of sp³-hybridized carbons (Fsp3) is 0.933. The highest BCUT2D eigenvalue weighted by atomic mass is 31.2. The third-order valence-corrected chi connectivity index (χ3v) is 7.49. The first-order chi connectivity index (χ1) is 10.7. The molecule has 2 aliphatic heterocycles. The van der Waals surface area contributed by atoms with Gasteiger partial charge in [0.2, 0.25) is 0 Å². The molecule has 8 heteroatoms. The van der Waals surface area contributed by atoms with Crippen molar-refractivity contribution >= 4 is 13.7 Å². The number of hydrogen-bond acceptors (Lipinski definition) is 4. The molecule has 3 aliphatic carbocycles. The molecule has 1 spiro atoms. The Labute approximate surface area is 136 Å². The molecular formula is C15H25N2O5P. The molecule has 0 aromatic heterocycles. The normalized spacial score (nSPS) is 39.1. The first-order valence-corrected chi connectivity index (χ1v) is 10.3. The van der Waals surface area contributed by atoms with Gasteiger partial charge in [-0.1, -0.05) is 6.92 Å². The number of likely N-dealkylation sites (tertiary alicyclic amines) is 1. The summed E-state index contributed by atoms with van der Waals surface area (Å²) in [7, 11) is -3.97. The van der Waals surface area contributed by atoms with E-state index in [2.05, 4.69) is 11.8 Å². The molecule has 0 aromatic rings. The summed E-state index contributed by atoms with van der Waals surface area (Å²) in [6, 6.07) is 0. The lowest BCUT2D eigenvalue weighted by Crippen LogP contribution is -2.76. The van der Waals surface area contributed by atoms with Crippen molar-refractivity contribution < 1.29 is 23.9 Å². The molecule has 1 amide bonds. The van der Waals surface area contributed by atoms with E-state index in [9.17, 15) is 19.1 Å². The average molecular weight is 344 g/mol. The SMILES string of the molecule is CCN1CCC2(CC1)CN(C13CC(CP(=O)(O)O)(C1)C3)C(=O)O2. The fourth-order valence-corrected chi connectivity index (χ4v) is 6.56. The Morgan fingerprint density at radius 2 is 1.83 bits per heavy atom. The molecule has 2 N–H and O–H groups in total. The number of hydrogen-bond donors (Lipinski definition) is 2. The molecule has 130 valence electrons. The van der Waals surface area contributed by atoms with Crippen molar-refractivity contribution in [1.82, 2.24) is 9.80 Å². The second-order valence-electron chi connectivity index (χ2n) is 8.15. The molecule has 0 unspecified atom stereocenters. The molecule has 5 fully saturated rings. The Morgan fingerprint density at radius 1 is 1.22 bits per heavy atom. The van der Waals surface area contributed by atoms with Gasteiger partial charge in [0.15, 0.2) is 0 Å². The van der Waals surface area contributed by atoms with E-state index in [1.165, 1.54) is 0 Å². The standard InChI is InChI=1S/C15H25N2O5P/c1-2-16-5-3-15(4-6-16)10-17(12(18)22-15)14-7-13(8-14,9-14)11-23(19,20)21/h2-11H2,1H3,(H2,19,20,21). The predicted octanol–water partition coefficient (Wildman–Crippen LogP) is 1.39. The van der Waals surface area contributed by atoms with E-state index >= 15 is 0 Å². The zero-order valence-corrected chi connectivity index (χ0v) is 14.4. The van der Waals surface area contributed by atoms with E-state index in [0.717, 1.165) is 51.7 Å². The highest BCUT2D eigenvalue weighted by Crippen LogP contribution is 2.73. The maximum Gasteiger partial charge on any atom is 0.410 e. The zero-order valence-electron chi connectivity index (χ0n) is 13.5. The molecular weight excluding hydrogens is 319 g/mol. The minimum absolute atomic E-state index is 0.0404. The Morgan fingerprint density at radius 3 is 2.35 bits per heavy atom. The molecule has 0 atom stereocenters. The number of ether oxygens (including phenoxy) is 1. The summed E-state index contributed by atoms with van der Waals surface area (Å²) in [5.41, 5.74) is -0.757. The van der Waals surface area contributed by atoms with Crippen LogP contribution in [-0.2, 0) is 9.30 Å². The molecule has 23 heavy (non-hydrogen) atoms. The van der Waals surface area contributed by atoms with Crippen molar-refractivity contribution in [1.29, 1.82) is 0 Å². The van der Waals surface area contributed by atoms with Crippen LogP contribution >= 0.6 is 7.60 Å². The van der Waals surface area contributed by atoms with Crippen LogP contribution in [0.25, 0.3) is 0 Å². The van der Waals surface area contributed by atoms with Crippen LogP contribution in [0.1, 0.15) is 39.0 Å². The highest BCUT2D eigenvalue weighted by molar-refractivity contribution is 7.51. The molecule has 2 saturated heterocycles. The van der Waals surface area contributed by atoms with Crippen molar-refractivity contribution in [3.63, 3.8) is 0 Å². The lowest BCUT2D eigenvalue weighted by Gasteiger charge is -2.72. The van der Waals surface area contributed by atoms with Crippen LogP contribution in [0.15, 0.2) is 0 Å². The number of nitrogens with zero attached hydrogens (tertiary/aromatic N) is 2. The smallest absolute Gasteiger partial charge is 0.410 e. The van der Waals surface area contributed by atoms with Gasteiger partial charge in [-0.05, 0) is 31.2 Å². The van der Waals surface area contributed by atoms with E-state index in [4.69, 9.17) is 4.74 Å². The lowest BCUT2D eigenvalue weighted by atomic mass is 9.39. The molecule has 5 aliphatic rings. The van der Waals surface area contributed by atoms with Gasteiger partial charge >= 0.3 is 13.7 Å². The Balaban J connectivity index is 1.40. The van der Waals surface area contributed by atoms with E-state index in [0.29, 0.717) is 6.54 Å². The van der Waals surface area contributed by atoms with Crippen molar-refractivity contribution in [2.75, 3.05) is 32.3 Å². The van der Waals surface area contributed by atoms with Crippen LogP contribution in [-0.4, -0.2) is 69.2 Å².